The zero-order valence-electron chi connectivity index (χ0n) is 9.95. The van der Waals surface area contributed by atoms with Crippen molar-refractivity contribution in [2.24, 2.45) is 0 Å². The van der Waals surface area contributed by atoms with E-state index in [1.807, 2.05) is 6.92 Å². The van der Waals surface area contributed by atoms with Crippen LogP contribution in [0, 0.1) is 11.6 Å². The van der Waals surface area contributed by atoms with E-state index in [4.69, 9.17) is 0 Å². The Hall–Kier alpha value is -2.04. The molecule has 0 aliphatic carbocycles. The van der Waals surface area contributed by atoms with Crippen LogP contribution < -0.4 is 5.32 Å². The van der Waals surface area contributed by atoms with Crippen LogP contribution in [0.15, 0.2) is 30.5 Å². The predicted octanol–water partition coefficient (Wildman–Crippen LogP) is 3.24. The molecule has 0 amide bonds. The quantitative estimate of drug-likeness (QED) is 0.903. The highest BCUT2D eigenvalue weighted by Crippen LogP contribution is 2.21. The van der Waals surface area contributed by atoms with E-state index in [0.717, 1.165) is 12.6 Å². The second-order valence-electron chi connectivity index (χ2n) is 3.82. The van der Waals surface area contributed by atoms with Crippen molar-refractivity contribution in [3.05, 3.63) is 42.1 Å². The zero-order valence-corrected chi connectivity index (χ0v) is 9.95. The summed E-state index contributed by atoms with van der Waals surface area (Å²) < 4.78 is 26.4. The lowest BCUT2D eigenvalue weighted by atomic mass is 10.1. The van der Waals surface area contributed by atoms with E-state index in [2.05, 4.69) is 15.3 Å². The van der Waals surface area contributed by atoms with Gasteiger partial charge in [-0.3, -0.25) is 0 Å². The molecule has 1 N–H and O–H groups in total. The number of halogens is 2. The second-order valence-corrected chi connectivity index (χ2v) is 3.82. The van der Waals surface area contributed by atoms with E-state index >= 15 is 0 Å². The van der Waals surface area contributed by atoms with Gasteiger partial charge in [-0.05, 0) is 30.7 Å². The summed E-state index contributed by atoms with van der Waals surface area (Å²) in [6.45, 7) is 2.73. The first kappa shape index (κ1) is 12.4. The molecular formula is C13H13F2N3. The molecule has 2 rings (SSSR count). The second kappa shape index (κ2) is 5.53. The molecule has 0 bridgehead atoms. The van der Waals surface area contributed by atoms with Gasteiger partial charge in [0, 0.05) is 12.1 Å². The third kappa shape index (κ3) is 2.80. The SMILES string of the molecule is CCCNc1ncc(F)c(-c2ccc(F)cc2)n1. The molecule has 3 nitrogen and oxygen atoms in total. The Bertz CT molecular complexity index is 526. The van der Waals surface area contributed by atoms with E-state index in [1.165, 1.54) is 24.3 Å². The molecule has 0 aliphatic rings. The van der Waals surface area contributed by atoms with Crippen molar-refractivity contribution >= 4 is 5.95 Å². The van der Waals surface area contributed by atoms with Crippen LogP contribution in [-0.4, -0.2) is 16.5 Å². The summed E-state index contributed by atoms with van der Waals surface area (Å²) in [5.74, 6) is -0.515. The molecule has 1 aromatic heterocycles. The molecule has 94 valence electrons. The number of anilines is 1. The smallest absolute Gasteiger partial charge is 0.223 e. The lowest BCUT2D eigenvalue weighted by Crippen LogP contribution is -2.05. The Morgan fingerprint density at radius 3 is 2.56 bits per heavy atom. The number of hydrogen-bond donors (Lipinski definition) is 1. The first-order valence-corrected chi connectivity index (χ1v) is 5.73. The van der Waals surface area contributed by atoms with E-state index in [1.54, 1.807) is 0 Å². The standard InChI is InChI=1S/C13H13F2N3/c1-2-7-16-13-17-8-11(15)12(18-13)9-3-5-10(14)6-4-9/h3-6,8H,2,7H2,1H3,(H,16,17,18). The molecule has 2 aromatic rings. The summed E-state index contributed by atoms with van der Waals surface area (Å²) in [7, 11) is 0. The van der Waals surface area contributed by atoms with E-state index in [-0.39, 0.29) is 11.5 Å². The van der Waals surface area contributed by atoms with E-state index in [9.17, 15) is 8.78 Å². The van der Waals surface area contributed by atoms with Crippen LogP contribution in [0.4, 0.5) is 14.7 Å². The monoisotopic (exact) mass is 249 g/mol. The molecule has 0 unspecified atom stereocenters. The number of aromatic nitrogens is 2. The average molecular weight is 249 g/mol. The summed E-state index contributed by atoms with van der Waals surface area (Å²) in [6.07, 6.45) is 2.04. The molecular weight excluding hydrogens is 236 g/mol. The van der Waals surface area contributed by atoms with Crippen molar-refractivity contribution in [3.8, 4) is 11.3 Å². The number of nitrogens with zero attached hydrogens (tertiary/aromatic N) is 2. The molecule has 1 aromatic carbocycles. The van der Waals surface area contributed by atoms with E-state index < -0.39 is 5.82 Å². The average Bonchev–Trinajstić information content (AvgIpc) is 2.39. The molecule has 0 atom stereocenters. The Labute approximate surface area is 104 Å². The molecule has 1 heterocycles. The van der Waals surface area contributed by atoms with Crippen LogP contribution in [-0.2, 0) is 0 Å². The molecule has 0 saturated heterocycles. The van der Waals surface area contributed by atoms with Crippen LogP contribution in [0.3, 0.4) is 0 Å². The van der Waals surface area contributed by atoms with Crippen molar-refractivity contribution in [1.29, 1.82) is 0 Å². The molecule has 0 spiro atoms. The maximum absolute atomic E-state index is 13.6. The van der Waals surface area contributed by atoms with Crippen LogP contribution in [0.5, 0.6) is 0 Å². The minimum Gasteiger partial charge on any atom is -0.354 e. The lowest BCUT2D eigenvalue weighted by molar-refractivity contribution is 0.617. The third-order valence-corrected chi connectivity index (χ3v) is 2.39. The first-order valence-electron chi connectivity index (χ1n) is 5.73. The van der Waals surface area contributed by atoms with E-state index in [0.29, 0.717) is 18.1 Å². The molecule has 0 radical (unpaired) electrons. The minimum atomic E-state index is -0.524. The van der Waals surface area contributed by atoms with Crippen molar-refractivity contribution in [1.82, 2.24) is 9.97 Å². The summed E-state index contributed by atoms with van der Waals surface area (Å²) in [5, 5.41) is 2.98. The van der Waals surface area contributed by atoms with Crippen LogP contribution >= 0.6 is 0 Å². The fourth-order valence-electron chi connectivity index (χ4n) is 1.50. The number of rotatable bonds is 4. The molecule has 0 saturated carbocycles. The highest BCUT2D eigenvalue weighted by Gasteiger charge is 2.09. The van der Waals surface area contributed by atoms with Gasteiger partial charge in [0.1, 0.15) is 11.5 Å². The first-order chi connectivity index (χ1) is 8.70. The van der Waals surface area contributed by atoms with Gasteiger partial charge in [-0.15, -0.1) is 0 Å². The van der Waals surface area contributed by atoms with Crippen molar-refractivity contribution in [2.75, 3.05) is 11.9 Å². The number of nitrogens with one attached hydrogen (secondary N) is 1. The fourth-order valence-corrected chi connectivity index (χ4v) is 1.50. The largest absolute Gasteiger partial charge is 0.354 e. The summed E-state index contributed by atoms with van der Waals surface area (Å²) in [6, 6.07) is 5.53. The number of hydrogen-bond acceptors (Lipinski definition) is 3. The highest BCUT2D eigenvalue weighted by molar-refractivity contribution is 5.60. The molecule has 18 heavy (non-hydrogen) atoms. The van der Waals surface area contributed by atoms with Gasteiger partial charge < -0.3 is 5.32 Å². The number of benzene rings is 1. The Morgan fingerprint density at radius 2 is 1.89 bits per heavy atom. The van der Waals surface area contributed by atoms with Gasteiger partial charge in [0.25, 0.3) is 0 Å². The van der Waals surface area contributed by atoms with Crippen molar-refractivity contribution in [3.63, 3.8) is 0 Å². The topological polar surface area (TPSA) is 37.8 Å². The van der Waals surface area contributed by atoms with Crippen LogP contribution in [0.2, 0.25) is 0 Å². The van der Waals surface area contributed by atoms with Gasteiger partial charge in [0.15, 0.2) is 5.82 Å². The third-order valence-electron chi connectivity index (χ3n) is 2.39. The Balaban J connectivity index is 2.33. The van der Waals surface area contributed by atoms with Gasteiger partial charge in [-0.2, -0.15) is 0 Å². The van der Waals surface area contributed by atoms with Gasteiger partial charge in [-0.1, -0.05) is 6.92 Å². The van der Waals surface area contributed by atoms with Gasteiger partial charge >= 0.3 is 0 Å². The van der Waals surface area contributed by atoms with Gasteiger partial charge in [0.2, 0.25) is 5.95 Å². The molecule has 0 aliphatic heterocycles. The lowest BCUT2D eigenvalue weighted by Gasteiger charge is -2.06. The van der Waals surface area contributed by atoms with Gasteiger partial charge in [-0.25, -0.2) is 18.7 Å². The molecule has 5 heteroatoms. The van der Waals surface area contributed by atoms with Crippen molar-refractivity contribution in [2.45, 2.75) is 13.3 Å². The van der Waals surface area contributed by atoms with Crippen molar-refractivity contribution < 1.29 is 8.78 Å². The summed E-state index contributed by atoms with van der Waals surface area (Å²) >= 11 is 0. The normalized spacial score (nSPS) is 10.4. The summed E-state index contributed by atoms with van der Waals surface area (Å²) in [5.41, 5.74) is 0.694. The van der Waals surface area contributed by atoms with Crippen LogP contribution in [0.1, 0.15) is 13.3 Å². The minimum absolute atomic E-state index is 0.170. The van der Waals surface area contributed by atoms with Crippen LogP contribution in [0.25, 0.3) is 11.3 Å². The highest BCUT2D eigenvalue weighted by atomic mass is 19.1. The Kier molecular flexibility index (Phi) is 3.82. The maximum atomic E-state index is 13.6. The fraction of sp³-hybridized carbons (Fsp3) is 0.231. The van der Waals surface area contributed by atoms with Gasteiger partial charge in [0.05, 0.1) is 6.20 Å². The molecule has 0 fully saturated rings. The predicted molar refractivity (Wildman–Crippen MR) is 66.2 cm³/mol. The Morgan fingerprint density at radius 1 is 1.17 bits per heavy atom. The zero-order chi connectivity index (χ0) is 13.0. The summed E-state index contributed by atoms with van der Waals surface area (Å²) in [4.78, 5) is 7.94. The maximum Gasteiger partial charge on any atom is 0.223 e.